The number of ether oxygens (including phenoxy) is 1. The highest BCUT2D eigenvalue weighted by Gasteiger charge is 2.19. The van der Waals surface area contributed by atoms with Crippen LogP contribution in [0.15, 0.2) is 60.7 Å². The molecule has 1 atom stereocenters. The Morgan fingerprint density at radius 3 is 1.92 bits per heavy atom. The molecule has 126 valence electrons. The molecule has 2 aromatic carbocycles. The second-order valence-electron chi connectivity index (χ2n) is 5.13. The third kappa shape index (κ3) is 5.31. The SMILES string of the molecule is COC(=O)CS(=O)CC(=O)NC(c1ccccc1)c1ccccc1. The van der Waals surface area contributed by atoms with Crippen molar-refractivity contribution in [3.8, 4) is 0 Å². The Hall–Kier alpha value is -2.47. The molecule has 0 aromatic heterocycles. The van der Waals surface area contributed by atoms with Crippen LogP contribution in [0.2, 0.25) is 0 Å². The number of amides is 1. The molecule has 1 amide bonds. The Balaban J connectivity index is 2.10. The van der Waals surface area contributed by atoms with Gasteiger partial charge in [-0.1, -0.05) is 60.7 Å². The number of rotatable bonds is 7. The zero-order valence-corrected chi connectivity index (χ0v) is 14.1. The van der Waals surface area contributed by atoms with Gasteiger partial charge in [0.1, 0.15) is 11.5 Å². The Bertz CT molecular complexity index is 664. The van der Waals surface area contributed by atoms with Crippen LogP contribution in [-0.2, 0) is 25.1 Å². The topological polar surface area (TPSA) is 72.5 Å². The van der Waals surface area contributed by atoms with Gasteiger partial charge < -0.3 is 10.1 Å². The van der Waals surface area contributed by atoms with E-state index in [9.17, 15) is 13.8 Å². The predicted octanol–water partition coefficient (Wildman–Crippen LogP) is 1.81. The van der Waals surface area contributed by atoms with Gasteiger partial charge in [0.2, 0.25) is 5.91 Å². The standard InChI is InChI=1S/C18H19NO4S/c1-23-17(21)13-24(22)12-16(20)19-18(14-8-4-2-5-9-14)15-10-6-3-7-11-15/h2-11,18H,12-13H2,1H3,(H,19,20). The van der Waals surface area contributed by atoms with Crippen LogP contribution >= 0.6 is 0 Å². The minimum absolute atomic E-state index is 0.245. The molecule has 1 N–H and O–H groups in total. The second-order valence-corrected chi connectivity index (χ2v) is 6.58. The average molecular weight is 345 g/mol. The molecule has 2 rings (SSSR count). The van der Waals surface area contributed by atoms with Gasteiger partial charge in [-0.3, -0.25) is 13.8 Å². The van der Waals surface area contributed by atoms with Gasteiger partial charge in [0.05, 0.1) is 13.2 Å². The summed E-state index contributed by atoms with van der Waals surface area (Å²) in [6, 6.07) is 18.7. The number of nitrogens with one attached hydrogen (secondary N) is 1. The first-order chi connectivity index (χ1) is 11.6. The van der Waals surface area contributed by atoms with E-state index in [-0.39, 0.29) is 23.5 Å². The van der Waals surface area contributed by atoms with E-state index in [1.165, 1.54) is 7.11 Å². The van der Waals surface area contributed by atoms with Crippen molar-refractivity contribution in [1.82, 2.24) is 5.32 Å². The summed E-state index contributed by atoms with van der Waals surface area (Å²) in [5.74, 6) is -1.50. The van der Waals surface area contributed by atoms with Gasteiger partial charge in [-0.25, -0.2) is 0 Å². The van der Waals surface area contributed by atoms with Gasteiger partial charge in [0, 0.05) is 10.8 Å². The van der Waals surface area contributed by atoms with Crippen LogP contribution in [0.5, 0.6) is 0 Å². The quantitative estimate of drug-likeness (QED) is 0.777. The zero-order valence-electron chi connectivity index (χ0n) is 13.3. The predicted molar refractivity (Wildman–Crippen MR) is 92.8 cm³/mol. The van der Waals surface area contributed by atoms with Crippen LogP contribution in [-0.4, -0.2) is 34.7 Å². The molecule has 2 aromatic rings. The van der Waals surface area contributed by atoms with Crippen molar-refractivity contribution in [2.45, 2.75) is 6.04 Å². The number of esters is 1. The van der Waals surface area contributed by atoms with Crippen LogP contribution in [0.25, 0.3) is 0 Å². The summed E-state index contributed by atoms with van der Waals surface area (Å²) in [6.45, 7) is 0. The molecular weight excluding hydrogens is 326 g/mol. The molecule has 0 radical (unpaired) electrons. The van der Waals surface area contributed by atoms with Crippen LogP contribution in [0.3, 0.4) is 0 Å². The molecule has 0 heterocycles. The minimum atomic E-state index is -1.60. The van der Waals surface area contributed by atoms with E-state index in [1.54, 1.807) is 0 Å². The minimum Gasteiger partial charge on any atom is -0.468 e. The van der Waals surface area contributed by atoms with E-state index in [2.05, 4.69) is 10.1 Å². The molecule has 1 unspecified atom stereocenters. The van der Waals surface area contributed by atoms with E-state index >= 15 is 0 Å². The van der Waals surface area contributed by atoms with Crippen molar-refractivity contribution in [2.75, 3.05) is 18.6 Å². The first-order valence-electron chi connectivity index (χ1n) is 7.41. The Kier molecular flexibility index (Phi) is 6.69. The lowest BCUT2D eigenvalue weighted by atomic mass is 9.99. The number of carbonyl (C=O) groups is 2. The maximum absolute atomic E-state index is 12.2. The highest BCUT2D eigenvalue weighted by atomic mass is 32.2. The van der Waals surface area contributed by atoms with Crippen LogP contribution in [0, 0.1) is 0 Å². The summed E-state index contributed by atoms with van der Waals surface area (Å²) in [7, 11) is -0.373. The highest BCUT2D eigenvalue weighted by molar-refractivity contribution is 7.86. The fraction of sp³-hybridized carbons (Fsp3) is 0.222. The summed E-state index contributed by atoms with van der Waals surface area (Å²) in [5.41, 5.74) is 1.85. The van der Waals surface area contributed by atoms with Gasteiger partial charge in [0.15, 0.2) is 0 Å². The normalized spacial score (nSPS) is 11.8. The number of hydrogen-bond acceptors (Lipinski definition) is 4. The number of carbonyl (C=O) groups excluding carboxylic acids is 2. The highest BCUT2D eigenvalue weighted by Crippen LogP contribution is 2.21. The molecule has 0 aliphatic heterocycles. The molecule has 0 spiro atoms. The van der Waals surface area contributed by atoms with E-state index in [0.29, 0.717) is 0 Å². The summed E-state index contributed by atoms with van der Waals surface area (Å²) in [4.78, 5) is 23.3. The van der Waals surface area contributed by atoms with Gasteiger partial charge >= 0.3 is 5.97 Å². The summed E-state index contributed by atoms with van der Waals surface area (Å²) in [5, 5.41) is 2.89. The van der Waals surface area contributed by atoms with Crippen molar-refractivity contribution >= 4 is 22.7 Å². The fourth-order valence-corrected chi connectivity index (χ4v) is 3.10. The van der Waals surface area contributed by atoms with Gasteiger partial charge in [-0.15, -0.1) is 0 Å². The third-order valence-electron chi connectivity index (χ3n) is 3.37. The van der Waals surface area contributed by atoms with E-state index in [0.717, 1.165) is 11.1 Å². The molecule has 0 aliphatic carbocycles. The van der Waals surface area contributed by atoms with Crippen molar-refractivity contribution in [2.24, 2.45) is 0 Å². The van der Waals surface area contributed by atoms with Crippen LogP contribution in [0.4, 0.5) is 0 Å². The maximum Gasteiger partial charge on any atom is 0.318 e. The molecular formula is C18H19NO4S. The fourth-order valence-electron chi connectivity index (χ4n) is 2.24. The average Bonchev–Trinajstić information content (AvgIpc) is 2.61. The maximum atomic E-state index is 12.2. The largest absolute Gasteiger partial charge is 0.468 e. The smallest absolute Gasteiger partial charge is 0.318 e. The lowest BCUT2D eigenvalue weighted by Gasteiger charge is -2.19. The third-order valence-corrected chi connectivity index (χ3v) is 4.51. The Labute approximate surface area is 143 Å². The summed E-state index contributed by atoms with van der Waals surface area (Å²) >= 11 is 0. The molecule has 0 bridgehead atoms. The molecule has 0 saturated heterocycles. The van der Waals surface area contributed by atoms with E-state index in [1.807, 2.05) is 60.7 Å². The Morgan fingerprint density at radius 2 is 1.46 bits per heavy atom. The van der Waals surface area contributed by atoms with Gasteiger partial charge in [-0.05, 0) is 11.1 Å². The monoisotopic (exact) mass is 345 g/mol. The zero-order chi connectivity index (χ0) is 17.4. The van der Waals surface area contributed by atoms with Crippen LogP contribution < -0.4 is 5.32 Å². The molecule has 5 nitrogen and oxygen atoms in total. The van der Waals surface area contributed by atoms with Crippen molar-refractivity contribution < 1.29 is 18.5 Å². The van der Waals surface area contributed by atoms with Crippen molar-refractivity contribution in [3.63, 3.8) is 0 Å². The first-order valence-corrected chi connectivity index (χ1v) is 8.90. The molecule has 0 saturated carbocycles. The van der Waals surface area contributed by atoms with Crippen molar-refractivity contribution in [1.29, 1.82) is 0 Å². The molecule has 0 aliphatic rings. The summed E-state index contributed by atoms with van der Waals surface area (Å²) < 4.78 is 16.3. The number of methoxy groups -OCH3 is 1. The van der Waals surface area contributed by atoms with E-state index < -0.39 is 16.8 Å². The molecule has 6 heteroatoms. The lowest BCUT2D eigenvalue weighted by Crippen LogP contribution is -2.34. The second kappa shape index (κ2) is 8.98. The molecule has 0 fully saturated rings. The van der Waals surface area contributed by atoms with E-state index in [4.69, 9.17) is 0 Å². The van der Waals surface area contributed by atoms with Gasteiger partial charge in [0.25, 0.3) is 0 Å². The van der Waals surface area contributed by atoms with Gasteiger partial charge in [-0.2, -0.15) is 0 Å². The Morgan fingerprint density at radius 1 is 0.958 bits per heavy atom. The number of benzene rings is 2. The van der Waals surface area contributed by atoms with Crippen molar-refractivity contribution in [3.05, 3.63) is 71.8 Å². The molecule has 24 heavy (non-hydrogen) atoms. The first kappa shape index (κ1) is 17.9. The summed E-state index contributed by atoms with van der Waals surface area (Å²) in [6.07, 6.45) is 0. The number of hydrogen-bond donors (Lipinski definition) is 1. The van der Waals surface area contributed by atoms with Crippen LogP contribution in [0.1, 0.15) is 17.2 Å². The lowest BCUT2D eigenvalue weighted by molar-refractivity contribution is -0.137.